The molecule has 0 aromatic heterocycles. The van der Waals surface area contributed by atoms with Crippen molar-refractivity contribution in [3.05, 3.63) is 29.6 Å². The number of halogens is 1. The third-order valence-electron chi connectivity index (χ3n) is 3.89. The minimum atomic E-state index is -0.336. The zero-order valence-electron chi connectivity index (χ0n) is 11.9. The summed E-state index contributed by atoms with van der Waals surface area (Å²) >= 11 is 0. The fraction of sp³-hybridized carbons (Fsp3) is 0.500. The summed E-state index contributed by atoms with van der Waals surface area (Å²) in [6.07, 6.45) is 2.04. The van der Waals surface area contributed by atoms with E-state index in [1.165, 1.54) is 6.07 Å². The standard InChI is InChI=1S/C14H21FN4O/c1-18(2)11-5-7-19(8-6-11)13-4-3-10(9-12(13)15)14(16)17-20/h3-4,9,11,20H,5-8H2,1-2H3,(H2,16,17). The average Bonchev–Trinajstić information content (AvgIpc) is 2.46. The number of nitrogens with zero attached hydrogens (tertiary/aromatic N) is 3. The molecule has 5 nitrogen and oxygen atoms in total. The van der Waals surface area contributed by atoms with Crippen LogP contribution in [0.5, 0.6) is 0 Å². The Kier molecular flexibility index (Phi) is 4.44. The zero-order valence-corrected chi connectivity index (χ0v) is 11.9. The van der Waals surface area contributed by atoms with E-state index < -0.39 is 0 Å². The first-order valence-electron chi connectivity index (χ1n) is 6.71. The number of nitrogens with two attached hydrogens (primary N) is 1. The van der Waals surface area contributed by atoms with E-state index in [9.17, 15) is 4.39 Å². The molecule has 20 heavy (non-hydrogen) atoms. The first-order valence-corrected chi connectivity index (χ1v) is 6.71. The monoisotopic (exact) mass is 280 g/mol. The molecule has 0 unspecified atom stereocenters. The van der Waals surface area contributed by atoms with E-state index in [4.69, 9.17) is 10.9 Å². The molecule has 0 bridgehead atoms. The largest absolute Gasteiger partial charge is 0.409 e. The molecule has 1 aliphatic rings. The second-order valence-corrected chi connectivity index (χ2v) is 5.33. The highest BCUT2D eigenvalue weighted by Crippen LogP contribution is 2.25. The number of benzene rings is 1. The second-order valence-electron chi connectivity index (χ2n) is 5.33. The lowest BCUT2D eigenvalue weighted by molar-refractivity contribution is 0.249. The topological polar surface area (TPSA) is 65.1 Å². The maximum absolute atomic E-state index is 14.1. The Hall–Kier alpha value is -1.82. The molecule has 6 heteroatoms. The summed E-state index contributed by atoms with van der Waals surface area (Å²) in [7, 11) is 4.15. The van der Waals surface area contributed by atoms with Crippen LogP contribution in [0, 0.1) is 5.82 Å². The van der Waals surface area contributed by atoms with E-state index in [0.29, 0.717) is 17.3 Å². The number of anilines is 1. The van der Waals surface area contributed by atoms with E-state index in [0.717, 1.165) is 25.9 Å². The molecule has 2 rings (SSSR count). The molecule has 0 aliphatic carbocycles. The van der Waals surface area contributed by atoms with Gasteiger partial charge >= 0.3 is 0 Å². The third-order valence-corrected chi connectivity index (χ3v) is 3.89. The van der Waals surface area contributed by atoms with E-state index >= 15 is 0 Å². The summed E-state index contributed by atoms with van der Waals surface area (Å²) in [4.78, 5) is 4.26. The zero-order chi connectivity index (χ0) is 14.7. The fourth-order valence-electron chi connectivity index (χ4n) is 2.60. The van der Waals surface area contributed by atoms with Gasteiger partial charge < -0.3 is 20.7 Å². The van der Waals surface area contributed by atoms with Crippen LogP contribution in [-0.2, 0) is 0 Å². The number of hydrogen-bond acceptors (Lipinski definition) is 4. The summed E-state index contributed by atoms with van der Waals surface area (Å²) in [5, 5.41) is 11.5. The lowest BCUT2D eigenvalue weighted by atomic mass is 10.0. The van der Waals surface area contributed by atoms with Gasteiger partial charge in [-0.2, -0.15) is 0 Å². The van der Waals surface area contributed by atoms with Crippen LogP contribution in [0.2, 0.25) is 0 Å². The average molecular weight is 280 g/mol. The molecular weight excluding hydrogens is 259 g/mol. The molecule has 0 saturated carbocycles. The van der Waals surface area contributed by atoms with Crippen LogP contribution in [0.15, 0.2) is 23.4 Å². The molecule has 1 heterocycles. The van der Waals surface area contributed by atoms with E-state index in [1.54, 1.807) is 12.1 Å². The predicted molar refractivity (Wildman–Crippen MR) is 77.8 cm³/mol. The molecule has 1 aliphatic heterocycles. The van der Waals surface area contributed by atoms with Crippen molar-refractivity contribution in [1.82, 2.24) is 4.90 Å². The first kappa shape index (κ1) is 14.6. The van der Waals surface area contributed by atoms with Crippen LogP contribution < -0.4 is 10.6 Å². The van der Waals surface area contributed by atoms with Crippen LogP contribution in [0.25, 0.3) is 0 Å². The van der Waals surface area contributed by atoms with Crippen molar-refractivity contribution in [3.8, 4) is 0 Å². The van der Waals surface area contributed by atoms with Crippen molar-refractivity contribution >= 4 is 11.5 Å². The van der Waals surface area contributed by atoms with Crippen LogP contribution in [-0.4, -0.2) is 49.2 Å². The van der Waals surface area contributed by atoms with Gasteiger partial charge in [-0.25, -0.2) is 4.39 Å². The smallest absolute Gasteiger partial charge is 0.170 e. The molecule has 1 fully saturated rings. The van der Waals surface area contributed by atoms with Crippen LogP contribution in [0.4, 0.5) is 10.1 Å². The molecule has 0 atom stereocenters. The van der Waals surface area contributed by atoms with E-state index in [1.807, 2.05) is 4.90 Å². The normalized spacial score (nSPS) is 17.8. The number of rotatable bonds is 3. The minimum absolute atomic E-state index is 0.0817. The van der Waals surface area contributed by atoms with Gasteiger partial charge in [0.15, 0.2) is 5.84 Å². The molecule has 3 N–H and O–H groups in total. The van der Waals surface area contributed by atoms with Gasteiger partial charge in [0, 0.05) is 24.7 Å². The molecule has 0 spiro atoms. The summed E-state index contributed by atoms with van der Waals surface area (Å²) in [6.45, 7) is 1.67. The van der Waals surface area contributed by atoms with Gasteiger partial charge in [-0.15, -0.1) is 0 Å². The van der Waals surface area contributed by atoms with Crippen molar-refractivity contribution in [2.75, 3.05) is 32.1 Å². The van der Waals surface area contributed by atoms with Crippen molar-refractivity contribution in [2.24, 2.45) is 10.9 Å². The Morgan fingerprint density at radius 3 is 2.55 bits per heavy atom. The van der Waals surface area contributed by atoms with E-state index in [2.05, 4.69) is 24.2 Å². The Morgan fingerprint density at radius 2 is 2.05 bits per heavy atom. The molecule has 1 saturated heterocycles. The van der Waals surface area contributed by atoms with Crippen molar-refractivity contribution in [1.29, 1.82) is 0 Å². The fourth-order valence-corrected chi connectivity index (χ4v) is 2.60. The van der Waals surface area contributed by atoms with Crippen LogP contribution in [0.1, 0.15) is 18.4 Å². The highest BCUT2D eigenvalue weighted by Gasteiger charge is 2.22. The summed E-state index contributed by atoms with van der Waals surface area (Å²) in [5.74, 6) is -0.417. The van der Waals surface area contributed by atoms with Gasteiger partial charge in [0.2, 0.25) is 0 Å². The number of hydrogen-bond donors (Lipinski definition) is 2. The van der Waals surface area contributed by atoms with Crippen molar-refractivity contribution in [2.45, 2.75) is 18.9 Å². The number of piperidine rings is 1. The Morgan fingerprint density at radius 1 is 1.40 bits per heavy atom. The lowest BCUT2D eigenvalue weighted by Gasteiger charge is -2.36. The van der Waals surface area contributed by atoms with Crippen LogP contribution in [0.3, 0.4) is 0 Å². The van der Waals surface area contributed by atoms with Gasteiger partial charge in [-0.1, -0.05) is 5.16 Å². The Balaban J connectivity index is 2.11. The minimum Gasteiger partial charge on any atom is -0.409 e. The molecule has 0 amide bonds. The molecule has 0 radical (unpaired) electrons. The van der Waals surface area contributed by atoms with Gasteiger partial charge in [0.25, 0.3) is 0 Å². The second kappa shape index (κ2) is 6.09. The summed E-state index contributed by atoms with van der Waals surface area (Å²) < 4.78 is 14.1. The van der Waals surface area contributed by atoms with Gasteiger partial charge in [0.05, 0.1) is 5.69 Å². The maximum Gasteiger partial charge on any atom is 0.170 e. The summed E-state index contributed by atoms with van der Waals surface area (Å²) in [6, 6.07) is 5.23. The van der Waals surface area contributed by atoms with Gasteiger partial charge in [-0.05, 0) is 45.1 Å². The first-order chi connectivity index (χ1) is 9.52. The molecule has 1 aromatic carbocycles. The SMILES string of the molecule is CN(C)C1CCN(c2ccc(/C(N)=N/O)cc2F)CC1. The lowest BCUT2D eigenvalue weighted by Crippen LogP contribution is -2.42. The molecule has 1 aromatic rings. The molecular formula is C14H21FN4O. The van der Waals surface area contributed by atoms with Crippen molar-refractivity contribution < 1.29 is 9.60 Å². The van der Waals surface area contributed by atoms with Crippen LogP contribution >= 0.6 is 0 Å². The third kappa shape index (κ3) is 3.01. The Bertz CT molecular complexity index is 496. The molecule has 110 valence electrons. The van der Waals surface area contributed by atoms with Crippen molar-refractivity contribution in [3.63, 3.8) is 0 Å². The number of oxime groups is 1. The quantitative estimate of drug-likeness (QED) is 0.381. The van der Waals surface area contributed by atoms with E-state index in [-0.39, 0.29) is 11.7 Å². The Labute approximate surface area is 118 Å². The summed E-state index contributed by atoms with van der Waals surface area (Å²) in [5.41, 5.74) is 6.42. The highest BCUT2D eigenvalue weighted by atomic mass is 19.1. The van der Waals surface area contributed by atoms with Gasteiger partial charge in [0.1, 0.15) is 5.82 Å². The number of amidine groups is 1. The predicted octanol–water partition coefficient (Wildman–Crippen LogP) is 1.45. The van der Waals surface area contributed by atoms with Gasteiger partial charge in [-0.3, -0.25) is 0 Å². The maximum atomic E-state index is 14.1. The highest BCUT2D eigenvalue weighted by molar-refractivity contribution is 5.97.